The Balaban J connectivity index is 2.79. The SMILES string of the molecule is CCc1c(C)sc2nc(C(C)(C)C)c(CN)n12. The molecule has 0 aromatic carbocycles. The van der Waals surface area contributed by atoms with Crippen molar-refractivity contribution in [2.75, 3.05) is 0 Å². The predicted molar refractivity (Wildman–Crippen MR) is 73.8 cm³/mol. The Morgan fingerprint density at radius 2 is 1.94 bits per heavy atom. The molecule has 2 rings (SSSR count). The Labute approximate surface area is 107 Å². The smallest absolute Gasteiger partial charge is 0.194 e. The minimum atomic E-state index is 0.0549. The summed E-state index contributed by atoms with van der Waals surface area (Å²) < 4.78 is 2.26. The van der Waals surface area contributed by atoms with Crippen molar-refractivity contribution in [1.82, 2.24) is 9.38 Å². The number of hydrogen-bond donors (Lipinski definition) is 1. The number of imidazole rings is 1. The summed E-state index contributed by atoms with van der Waals surface area (Å²) in [6, 6.07) is 0. The minimum absolute atomic E-state index is 0.0549. The predicted octanol–water partition coefficient (Wildman–Crippen LogP) is 3.02. The van der Waals surface area contributed by atoms with Gasteiger partial charge in [-0.1, -0.05) is 27.7 Å². The van der Waals surface area contributed by atoms with Gasteiger partial charge in [-0.3, -0.25) is 4.40 Å². The Hall–Kier alpha value is -0.870. The molecule has 0 aliphatic heterocycles. The van der Waals surface area contributed by atoms with E-state index in [0.717, 1.165) is 17.1 Å². The van der Waals surface area contributed by atoms with Gasteiger partial charge in [0.25, 0.3) is 0 Å². The molecule has 2 N–H and O–H groups in total. The lowest BCUT2D eigenvalue weighted by atomic mass is 9.90. The summed E-state index contributed by atoms with van der Waals surface area (Å²) in [5.41, 5.74) is 9.66. The molecule has 0 aliphatic rings. The second-order valence-corrected chi connectivity index (χ2v) is 6.62. The van der Waals surface area contributed by atoms with Crippen LogP contribution in [0.5, 0.6) is 0 Å². The average molecular weight is 251 g/mol. The number of rotatable bonds is 2. The van der Waals surface area contributed by atoms with E-state index in [1.807, 2.05) is 0 Å². The van der Waals surface area contributed by atoms with Crippen LogP contribution < -0.4 is 5.73 Å². The molecule has 0 aliphatic carbocycles. The first-order chi connectivity index (χ1) is 7.90. The van der Waals surface area contributed by atoms with Gasteiger partial charge in [0, 0.05) is 22.5 Å². The largest absolute Gasteiger partial charge is 0.325 e. The highest BCUT2D eigenvalue weighted by atomic mass is 32.1. The van der Waals surface area contributed by atoms with Crippen molar-refractivity contribution >= 4 is 16.3 Å². The second kappa shape index (κ2) is 4.10. The lowest BCUT2D eigenvalue weighted by molar-refractivity contribution is 0.563. The van der Waals surface area contributed by atoms with Crippen molar-refractivity contribution in [3.63, 3.8) is 0 Å². The summed E-state index contributed by atoms with van der Waals surface area (Å²) in [4.78, 5) is 7.23. The zero-order valence-electron chi connectivity index (χ0n) is 11.3. The van der Waals surface area contributed by atoms with Crippen LogP contribution >= 0.6 is 11.3 Å². The van der Waals surface area contributed by atoms with Crippen molar-refractivity contribution in [2.24, 2.45) is 5.73 Å². The van der Waals surface area contributed by atoms with Gasteiger partial charge in [0.15, 0.2) is 4.96 Å². The van der Waals surface area contributed by atoms with Crippen molar-refractivity contribution < 1.29 is 0 Å². The van der Waals surface area contributed by atoms with Crippen LogP contribution in [0.1, 0.15) is 49.7 Å². The molecule has 0 unspecified atom stereocenters. The third-order valence-electron chi connectivity index (χ3n) is 3.10. The van der Waals surface area contributed by atoms with E-state index >= 15 is 0 Å². The molecule has 0 saturated carbocycles. The highest BCUT2D eigenvalue weighted by Gasteiger charge is 2.25. The molecule has 0 amide bonds. The maximum atomic E-state index is 5.93. The zero-order valence-corrected chi connectivity index (χ0v) is 12.1. The minimum Gasteiger partial charge on any atom is -0.325 e. The van der Waals surface area contributed by atoms with E-state index in [2.05, 4.69) is 39.0 Å². The first kappa shape index (κ1) is 12.6. The van der Waals surface area contributed by atoms with E-state index in [-0.39, 0.29) is 5.41 Å². The Morgan fingerprint density at radius 3 is 2.41 bits per heavy atom. The first-order valence-corrected chi connectivity index (χ1v) is 6.92. The number of thiazole rings is 1. The van der Waals surface area contributed by atoms with E-state index in [1.165, 1.54) is 16.3 Å². The van der Waals surface area contributed by atoms with Gasteiger partial charge < -0.3 is 5.73 Å². The fraction of sp³-hybridized carbons (Fsp3) is 0.615. The highest BCUT2D eigenvalue weighted by Crippen LogP contribution is 2.31. The lowest BCUT2D eigenvalue weighted by Gasteiger charge is -2.17. The molecule has 2 heterocycles. The molecular weight excluding hydrogens is 230 g/mol. The highest BCUT2D eigenvalue weighted by molar-refractivity contribution is 7.17. The third kappa shape index (κ3) is 1.89. The number of nitrogens with zero attached hydrogens (tertiary/aromatic N) is 2. The van der Waals surface area contributed by atoms with Gasteiger partial charge in [0.05, 0.1) is 11.4 Å². The molecule has 2 aromatic rings. The summed E-state index contributed by atoms with van der Waals surface area (Å²) >= 11 is 1.77. The maximum absolute atomic E-state index is 5.93. The molecule has 0 fully saturated rings. The summed E-state index contributed by atoms with van der Waals surface area (Å²) in [7, 11) is 0. The maximum Gasteiger partial charge on any atom is 0.194 e. The van der Waals surface area contributed by atoms with Gasteiger partial charge in [-0.25, -0.2) is 4.98 Å². The third-order valence-corrected chi connectivity index (χ3v) is 4.10. The summed E-state index contributed by atoms with van der Waals surface area (Å²) in [5.74, 6) is 0. The van der Waals surface area contributed by atoms with Crippen molar-refractivity contribution in [1.29, 1.82) is 0 Å². The van der Waals surface area contributed by atoms with Crippen LogP contribution in [-0.4, -0.2) is 9.38 Å². The normalized spacial score (nSPS) is 12.6. The molecule has 0 atom stereocenters. The summed E-state index contributed by atoms with van der Waals surface area (Å²) in [6.45, 7) is 11.5. The van der Waals surface area contributed by atoms with Crippen LogP contribution in [-0.2, 0) is 18.4 Å². The number of fused-ring (bicyclic) bond motifs is 1. The lowest BCUT2D eigenvalue weighted by Crippen LogP contribution is -2.17. The van der Waals surface area contributed by atoms with E-state index in [4.69, 9.17) is 10.7 Å². The van der Waals surface area contributed by atoms with Crippen molar-refractivity contribution in [3.05, 3.63) is 22.0 Å². The fourth-order valence-electron chi connectivity index (χ4n) is 2.33. The van der Waals surface area contributed by atoms with Crippen LogP contribution in [0.3, 0.4) is 0 Å². The number of aromatic nitrogens is 2. The Bertz CT molecular complexity index is 543. The van der Waals surface area contributed by atoms with Gasteiger partial charge in [-0.05, 0) is 13.3 Å². The number of aryl methyl sites for hydroxylation is 2. The van der Waals surface area contributed by atoms with Crippen LogP contribution in [0, 0.1) is 6.92 Å². The number of hydrogen-bond acceptors (Lipinski definition) is 3. The van der Waals surface area contributed by atoms with Gasteiger partial charge in [0.1, 0.15) is 0 Å². The molecule has 0 spiro atoms. The van der Waals surface area contributed by atoms with Crippen molar-refractivity contribution in [3.8, 4) is 0 Å². The van der Waals surface area contributed by atoms with Crippen LogP contribution in [0.2, 0.25) is 0 Å². The first-order valence-electron chi connectivity index (χ1n) is 6.10. The molecule has 0 radical (unpaired) electrons. The molecule has 94 valence electrons. The summed E-state index contributed by atoms with van der Waals surface area (Å²) in [6.07, 6.45) is 1.03. The monoisotopic (exact) mass is 251 g/mol. The Morgan fingerprint density at radius 1 is 1.29 bits per heavy atom. The fourth-order valence-corrected chi connectivity index (χ4v) is 3.40. The molecule has 0 bridgehead atoms. The van der Waals surface area contributed by atoms with Crippen molar-refractivity contribution in [2.45, 2.75) is 53.0 Å². The van der Waals surface area contributed by atoms with Gasteiger partial charge in [0.2, 0.25) is 0 Å². The average Bonchev–Trinajstić information content (AvgIpc) is 2.70. The summed E-state index contributed by atoms with van der Waals surface area (Å²) in [5, 5.41) is 0. The Kier molecular flexibility index (Phi) is 3.04. The number of nitrogens with two attached hydrogens (primary N) is 1. The van der Waals surface area contributed by atoms with E-state index in [9.17, 15) is 0 Å². The molecule has 2 aromatic heterocycles. The van der Waals surface area contributed by atoms with Gasteiger partial charge in [-0.2, -0.15) is 0 Å². The quantitative estimate of drug-likeness (QED) is 0.891. The van der Waals surface area contributed by atoms with E-state index in [1.54, 1.807) is 11.3 Å². The van der Waals surface area contributed by atoms with E-state index < -0.39 is 0 Å². The van der Waals surface area contributed by atoms with Gasteiger partial charge in [-0.15, -0.1) is 11.3 Å². The molecule has 17 heavy (non-hydrogen) atoms. The molecule has 3 nitrogen and oxygen atoms in total. The topological polar surface area (TPSA) is 43.3 Å². The second-order valence-electron chi connectivity index (χ2n) is 5.44. The van der Waals surface area contributed by atoms with Gasteiger partial charge >= 0.3 is 0 Å². The molecule has 4 heteroatoms. The molecular formula is C13H21N3S. The zero-order chi connectivity index (χ0) is 12.8. The molecule has 0 saturated heterocycles. The van der Waals surface area contributed by atoms with Crippen LogP contribution in [0.4, 0.5) is 0 Å². The van der Waals surface area contributed by atoms with Crippen LogP contribution in [0.25, 0.3) is 4.96 Å². The van der Waals surface area contributed by atoms with E-state index in [0.29, 0.717) is 6.54 Å². The van der Waals surface area contributed by atoms with Crippen LogP contribution in [0.15, 0.2) is 0 Å². The standard InChI is InChI=1S/C13H21N3S/c1-6-9-8(2)17-12-15-11(13(3,4)5)10(7-14)16(9)12/h6-7,14H2,1-5H3.